The molecule has 1 unspecified atom stereocenters. The topological polar surface area (TPSA) is 50.2 Å². The summed E-state index contributed by atoms with van der Waals surface area (Å²) in [6.45, 7) is 1.78. The molecule has 0 bridgehead atoms. The Labute approximate surface area is 120 Å². The molecule has 0 heterocycles. The molecule has 0 saturated heterocycles. The number of hydrogen-bond acceptors (Lipinski definition) is 3. The van der Waals surface area contributed by atoms with Gasteiger partial charge in [0.15, 0.2) is 0 Å². The minimum Gasteiger partial charge on any atom is -0.406 e. The van der Waals surface area contributed by atoms with Crippen LogP contribution in [0.15, 0.2) is 58.3 Å². The van der Waals surface area contributed by atoms with Crippen molar-refractivity contribution in [2.75, 3.05) is 0 Å². The van der Waals surface area contributed by atoms with Gasteiger partial charge >= 0.3 is 6.36 Å². The van der Waals surface area contributed by atoms with Crippen LogP contribution in [0.3, 0.4) is 0 Å². The third-order valence-corrected chi connectivity index (χ3v) is 4.53. The zero-order chi connectivity index (χ0) is 15.7. The van der Waals surface area contributed by atoms with Crippen molar-refractivity contribution in [2.45, 2.75) is 23.1 Å². The normalized spacial score (nSPS) is 14.5. The molecule has 21 heavy (non-hydrogen) atoms. The standard InChI is InChI=1S/C14H12F3NO2S/c1-10-4-2-6-12(8-10)21(18,19)13-7-3-5-11(9-13)20-14(15,16)17/h2-9,18H,1H3. The van der Waals surface area contributed by atoms with E-state index in [-0.39, 0.29) is 9.79 Å². The zero-order valence-corrected chi connectivity index (χ0v) is 11.8. The van der Waals surface area contributed by atoms with E-state index in [4.69, 9.17) is 4.78 Å². The lowest BCUT2D eigenvalue weighted by atomic mass is 10.2. The molecule has 0 radical (unpaired) electrons. The predicted octanol–water partition coefficient (Wildman–Crippen LogP) is 4.36. The molecule has 2 rings (SSSR count). The van der Waals surface area contributed by atoms with Crippen LogP contribution in [-0.2, 0) is 9.73 Å². The van der Waals surface area contributed by atoms with Gasteiger partial charge in [0.2, 0.25) is 0 Å². The molecular weight excluding hydrogens is 303 g/mol. The van der Waals surface area contributed by atoms with Crippen LogP contribution in [0.5, 0.6) is 5.75 Å². The zero-order valence-electron chi connectivity index (χ0n) is 11.0. The molecule has 1 N–H and O–H groups in total. The van der Waals surface area contributed by atoms with Crippen LogP contribution in [0.1, 0.15) is 5.56 Å². The van der Waals surface area contributed by atoms with E-state index in [2.05, 4.69) is 4.74 Å². The maximum absolute atomic E-state index is 12.6. The molecule has 0 amide bonds. The number of hydrogen-bond donors (Lipinski definition) is 1. The average molecular weight is 315 g/mol. The molecule has 0 aromatic heterocycles. The lowest BCUT2D eigenvalue weighted by Crippen LogP contribution is -2.17. The van der Waals surface area contributed by atoms with Crippen molar-refractivity contribution in [3.8, 4) is 5.75 Å². The Morgan fingerprint density at radius 1 is 1.05 bits per heavy atom. The molecular formula is C14H12F3NO2S. The average Bonchev–Trinajstić information content (AvgIpc) is 2.37. The molecule has 3 nitrogen and oxygen atoms in total. The minimum absolute atomic E-state index is 0.0325. The van der Waals surface area contributed by atoms with Crippen LogP contribution < -0.4 is 4.74 Å². The molecule has 0 fully saturated rings. The number of halogens is 3. The van der Waals surface area contributed by atoms with E-state index in [0.29, 0.717) is 0 Å². The van der Waals surface area contributed by atoms with Gasteiger partial charge in [-0.2, -0.15) is 0 Å². The van der Waals surface area contributed by atoms with Gasteiger partial charge in [-0.25, -0.2) is 8.99 Å². The van der Waals surface area contributed by atoms with Gasteiger partial charge in [0.25, 0.3) is 0 Å². The molecule has 0 spiro atoms. The second-order valence-electron chi connectivity index (χ2n) is 4.40. The highest BCUT2D eigenvalue weighted by molar-refractivity contribution is 7.92. The number of alkyl halides is 3. The Kier molecular flexibility index (Phi) is 3.95. The Bertz CT molecular complexity index is 755. The summed E-state index contributed by atoms with van der Waals surface area (Å²) in [5.74, 6) is -0.493. The SMILES string of the molecule is Cc1cccc(S(=N)(=O)c2cccc(OC(F)(F)F)c2)c1. The minimum atomic E-state index is -4.83. The van der Waals surface area contributed by atoms with Crippen molar-refractivity contribution in [1.82, 2.24) is 0 Å². The largest absolute Gasteiger partial charge is 0.573 e. The summed E-state index contributed by atoms with van der Waals surface area (Å²) in [5.41, 5.74) is 0.815. The van der Waals surface area contributed by atoms with Gasteiger partial charge in [0.05, 0.1) is 9.79 Å². The van der Waals surface area contributed by atoms with Crippen LogP contribution >= 0.6 is 0 Å². The van der Waals surface area contributed by atoms with Crippen molar-refractivity contribution in [3.05, 3.63) is 54.1 Å². The van der Waals surface area contributed by atoms with E-state index in [0.717, 1.165) is 17.7 Å². The second kappa shape index (κ2) is 5.40. The number of nitrogens with one attached hydrogen (secondary N) is 1. The van der Waals surface area contributed by atoms with Crippen molar-refractivity contribution in [2.24, 2.45) is 0 Å². The number of rotatable bonds is 3. The summed E-state index contributed by atoms with van der Waals surface area (Å²) in [6.07, 6.45) is -4.83. The van der Waals surface area contributed by atoms with E-state index >= 15 is 0 Å². The third kappa shape index (κ3) is 3.75. The van der Waals surface area contributed by atoms with E-state index in [1.54, 1.807) is 25.1 Å². The van der Waals surface area contributed by atoms with Crippen molar-refractivity contribution >= 4 is 9.73 Å². The van der Waals surface area contributed by atoms with Gasteiger partial charge in [-0.05, 0) is 42.8 Å². The van der Waals surface area contributed by atoms with Gasteiger partial charge in [-0.15, -0.1) is 13.2 Å². The Hall–Kier alpha value is -2.02. The molecule has 1 atom stereocenters. The molecule has 0 aliphatic heterocycles. The first-order valence-electron chi connectivity index (χ1n) is 5.90. The Morgan fingerprint density at radius 2 is 1.62 bits per heavy atom. The summed E-state index contributed by atoms with van der Waals surface area (Å²) in [4.78, 5) is 0.210. The summed E-state index contributed by atoms with van der Waals surface area (Å²) >= 11 is 0. The van der Waals surface area contributed by atoms with E-state index in [9.17, 15) is 17.4 Å². The Balaban J connectivity index is 2.44. The first-order valence-corrected chi connectivity index (χ1v) is 7.46. The fourth-order valence-corrected chi connectivity index (χ4v) is 3.23. The summed E-state index contributed by atoms with van der Waals surface area (Å²) < 4.78 is 61.0. The molecule has 2 aromatic rings. The summed E-state index contributed by atoms with van der Waals surface area (Å²) in [6, 6.07) is 11.2. The highest BCUT2D eigenvalue weighted by atomic mass is 32.2. The highest BCUT2D eigenvalue weighted by Gasteiger charge is 2.31. The maximum atomic E-state index is 12.6. The first kappa shape index (κ1) is 15.4. The van der Waals surface area contributed by atoms with Gasteiger partial charge in [0, 0.05) is 0 Å². The molecule has 7 heteroatoms. The van der Waals surface area contributed by atoms with Crippen LogP contribution in [0.2, 0.25) is 0 Å². The molecule has 112 valence electrons. The van der Waals surface area contributed by atoms with Gasteiger partial charge in [-0.1, -0.05) is 18.2 Å². The quantitative estimate of drug-likeness (QED) is 0.915. The summed E-state index contributed by atoms with van der Waals surface area (Å²) in [5, 5.41) is 0. The molecule has 2 aromatic carbocycles. The van der Waals surface area contributed by atoms with E-state index in [1.165, 1.54) is 18.2 Å². The number of ether oxygens (including phenoxy) is 1. The van der Waals surface area contributed by atoms with Crippen LogP contribution in [-0.4, -0.2) is 10.6 Å². The highest BCUT2D eigenvalue weighted by Crippen LogP contribution is 2.28. The monoisotopic (exact) mass is 315 g/mol. The molecule has 0 saturated carbocycles. The van der Waals surface area contributed by atoms with Gasteiger partial charge in [0.1, 0.15) is 15.5 Å². The maximum Gasteiger partial charge on any atom is 0.573 e. The van der Waals surface area contributed by atoms with Crippen LogP contribution in [0.4, 0.5) is 13.2 Å². The van der Waals surface area contributed by atoms with Crippen molar-refractivity contribution < 1.29 is 22.1 Å². The first-order chi connectivity index (χ1) is 9.68. The summed E-state index contributed by atoms with van der Waals surface area (Å²) in [7, 11) is -3.39. The van der Waals surface area contributed by atoms with E-state index in [1.807, 2.05) is 0 Å². The fourth-order valence-electron chi connectivity index (χ4n) is 1.78. The van der Waals surface area contributed by atoms with Gasteiger partial charge in [-0.3, -0.25) is 0 Å². The van der Waals surface area contributed by atoms with Crippen molar-refractivity contribution in [3.63, 3.8) is 0 Å². The Morgan fingerprint density at radius 3 is 2.19 bits per heavy atom. The smallest absolute Gasteiger partial charge is 0.406 e. The van der Waals surface area contributed by atoms with Crippen LogP contribution in [0, 0.1) is 11.7 Å². The van der Waals surface area contributed by atoms with Crippen molar-refractivity contribution in [1.29, 1.82) is 4.78 Å². The molecule has 0 aliphatic rings. The number of aryl methyl sites for hydroxylation is 1. The van der Waals surface area contributed by atoms with Crippen LogP contribution in [0.25, 0.3) is 0 Å². The number of benzene rings is 2. The lowest BCUT2D eigenvalue weighted by Gasteiger charge is -2.12. The second-order valence-corrected chi connectivity index (χ2v) is 6.45. The van der Waals surface area contributed by atoms with E-state index < -0.39 is 21.8 Å². The fraction of sp³-hybridized carbons (Fsp3) is 0.143. The predicted molar refractivity (Wildman–Crippen MR) is 71.7 cm³/mol. The van der Waals surface area contributed by atoms with Gasteiger partial charge < -0.3 is 4.74 Å². The lowest BCUT2D eigenvalue weighted by molar-refractivity contribution is -0.274. The third-order valence-electron chi connectivity index (χ3n) is 2.69. The molecule has 0 aliphatic carbocycles.